The third kappa shape index (κ3) is 3.34. The van der Waals surface area contributed by atoms with Crippen LogP contribution in [0.4, 0.5) is 27.4 Å². The van der Waals surface area contributed by atoms with Crippen molar-refractivity contribution < 1.29 is 4.39 Å². The maximum atomic E-state index is 13.6. The quantitative estimate of drug-likeness (QED) is 0.802. The summed E-state index contributed by atoms with van der Waals surface area (Å²) in [5.41, 5.74) is 6.50. The first kappa shape index (κ1) is 14.0. The van der Waals surface area contributed by atoms with Gasteiger partial charge in [0, 0.05) is 5.54 Å². The fraction of sp³-hybridized carbons (Fsp3) is 0.286. The molecule has 1 aromatic carbocycles. The Morgan fingerprint density at radius 3 is 2.40 bits per heavy atom. The van der Waals surface area contributed by atoms with Crippen molar-refractivity contribution in [2.45, 2.75) is 26.3 Å². The third-order valence-corrected chi connectivity index (χ3v) is 2.50. The Morgan fingerprint density at radius 1 is 1.10 bits per heavy atom. The van der Waals surface area contributed by atoms with E-state index in [-0.39, 0.29) is 11.4 Å². The summed E-state index contributed by atoms with van der Waals surface area (Å²) in [6.45, 7) is 6.00. The molecule has 0 spiro atoms. The van der Waals surface area contributed by atoms with Crippen molar-refractivity contribution >= 4 is 23.0 Å². The lowest BCUT2D eigenvalue weighted by Gasteiger charge is -2.22. The molecular weight excluding hydrogens is 257 g/mol. The maximum Gasteiger partial charge on any atom is 0.159 e. The zero-order valence-electron chi connectivity index (χ0n) is 11.7. The van der Waals surface area contributed by atoms with Gasteiger partial charge in [0.2, 0.25) is 0 Å². The number of nitrogens with zero attached hydrogens (tertiary/aromatic N) is 2. The van der Waals surface area contributed by atoms with E-state index in [1.807, 2.05) is 20.8 Å². The molecule has 0 radical (unpaired) electrons. The largest absolute Gasteiger partial charge is 0.393 e. The van der Waals surface area contributed by atoms with Gasteiger partial charge < -0.3 is 16.4 Å². The molecule has 0 fully saturated rings. The van der Waals surface area contributed by atoms with Gasteiger partial charge in [-0.2, -0.15) is 0 Å². The van der Waals surface area contributed by atoms with E-state index in [0.717, 1.165) is 0 Å². The predicted octanol–water partition coefficient (Wildman–Crippen LogP) is 3.15. The average molecular weight is 275 g/mol. The minimum atomic E-state index is -0.365. The lowest BCUT2D eigenvalue weighted by atomic mass is 10.1. The van der Waals surface area contributed by atoms with Gasteiger partial charge in [0.15, 0.2) is 11.6 Å². The Labute approximate surface area is 117 Å². The number of aromatic nitrogens is 2. The summed E-state index contributed by atoms with van der Waals surface area (Å²) in [6, 6.07) is 6.34. The van der Waals surface area contributed by atoms with Crippen LogP contribution in [0.1, 0.15) is 20.8 Å². The van der Waals surface area contributed by atoms with Gasteiger partial charge in [0.05, 0.1) is 5.69 Å². The van der Waals surface area contributed by atoms with Gasteiger partial charge in [-0.1, -0.05) is 12.1 Å². The lowest BCUT2D eigenvalue weighted by Crippen LogP contribution is -2.27. The first-order valence-corrected chi connectivity index (χ1v) is 6.27. The van der Waals surface area contributed by atoms with Crippen molar-refractivity contribution in [2.24, 2.45) is 0 Å². The van der Waals surface area contributed by atoms with Crippen LogP contribution in [-0.2, 0) is 0 Å². The highest BCUT2D eigenvalue weighted by Gasteiger charge is 2.15. The molecule has 5 nitrogen and oxygen atoms in total. The predicted molar refractivity (Wildman–Crippen MR) is 79.5 cm³/mol. The summed E-state index contributed by atoms with van der Waals surface area (Å²) < 4.78 is 13.6. The summed E-state index contributed by atoms with van der Waals surface area (Å²) in [4.78, 5) is 8.16. The van der Waals surface area contributed by atoms with E-state index < -0.39 is 0 Å². The number of anilines is 4. The number of nitrogens with two attached hydrogens (primary N) is 1. The van der Waals surface area contributed by atoms with Crippen molar-refractivity contribution in [2.75, 3.05) is 16.4 Å². The molecule has 0 aliphatic rings. The molecule has 0 saturated heterocycles. The fourth-order valence-corrected chi connectivity index (χ4v) is 1.64. The molecule has 6 heteroatoms. The lowest BCUT2D eigenvalue weighted by molar-refractivity contribution is 0.629. The van der Waals surface area contributed by atoms with Crippen LogP contribution in [0.3, 0.4) is 0 Å². The van der Waals surface area contributed by atoms with Crippen LogP contribution in [-0.4, -0.2) is 15.5 Å². The van der Waals surface area contributed by atoms with Crippen molar-refractivity contribution in [1.82, 2.24) is 9.97 Å². The first-order valence-electron chi connectivity index (χ1n) is 6.27. The number of nitrogen functional groups attached to an aromatic ring is 1. The molecule has 0 amide bonds. The van der Waals surface area contributed by atoms with Crippen molar-refractivity contribution in [1.29, 1.82) is 0 Å². The molecule has 106 valence electrons. The minimum absolute atomic E-state index is 0.183. The summed E-state index contributed by atoms with van der Waals surface area (Å²) in [6.07, 6.45) is 1.38. The van der Waals surface area contributed by atoms with Crippen LogP contribution in [0.25, 0.3) is 0 Å². The molecule has 2 aromatic rings. The van der Waals surface area contributed by atoms with Gasteiger partial charge in [-0.3, -0.25) is 0 Å². The molecule has 0 unspecified atom stereocenters. The Bertz CT molecular complexity index is 607. The summed E-state index contributed by atoms with van der Waals surface area (Å²) in [7, 11) is 0. The second-order valence-corrected chi connectivity index (χ2v) is 5.46. The summed E-state index contributed by atoms with van der Waals surface area (Å²) in [5.74, 6) is 0.527. The van der Waals surface area contributed by atoms with Gasteiger partial charge in [0.1, 0.15) is 17.8 Å². The molecule has 0 saturated carbocycles. The Balaban J connectivity index is 2.30. The van der Waals surface area contributed by atoms with E-state index in [1.165, 1.54) is 12.4 Å². The van der Waals surface area contributed by atoms with Gasteiger partial charge >= 0.3 is 0 Å². The van der Waals surface area contributed by atoms with Crippen molar-refractivity contribution in [3.05, 3.63) is 36.4 Å². The van der Waals surface area contributed by atoms with Crippen LogP contribution >= 0.6 is 0 Å². The summed E-state index contributed by atoms with van der Waals surface area (Å²) in [5, 5.41) is 6.06. The van der Waals surface area contributed by atoms with Crippen LogP contribution in [0, 0.1) is 5.82 Å². The van der Waals surface area contributed by atoms with Crippen molar-refractivity contribution in [3.63, 3.8) is 0 Å². The number of hydrogen-bond acceptors (Lipinski definition) is 5. The molecule has 1 aromatic heterocycles. The van der Waals surface area contributed by atoms with Crippen LogP contribution in [0.15, 0.2) is 30.6 Å². The van der Waals surface area contributed by atoms with E-state index in [1.54, 1.807) is 18.2 Å². The van der Waals surface area contributed by atoms with Crippen LogP contribution in [0.2, 0.25) is 0 Å². The third-order valence-electron chi connectivity index (χ3n) is 2.50. The van der Waals surface area contributed by atoms with Gasteiger partial charge in [-0.25, -0.2) is 14.4 Å². The zero-order chi connectivity index (χ0) is 14.8. The fourth-order valence-electron chi connectivity index (χ4n) is 1.64. The second-order valence-electron chi connectivity index (χ2n) is 5.46. The van der Waals surface area contributed by atoms with E-state index >= 15 is 0 Å². The van der Waals surface area contributed by atoms with Crippen LogP contribution < -0.4 is 16.4 Å². The number of hydrogen-bond donors (Lipinski definition) is 3. The van der Waals surface area contributed by atoms with Gasteiger partial charge in [0.25, 0.3) is 0 Å². The Kier molecular flexibility index (Phi) is 3.74. The number of rotatable bonds is 3. The van der Waals surface area contributed by atoms with E-state index in [9.17, 15) is 4.39 Å². The monoisotopic (exact) mass is 275 g/mol. The van der Waals surface area contributed by atoms with E-state index in [4.69, 9.17) is 5.73 Å². The highest BCUT2D eigenvalue weighted by Crippen LogP contribution is 2.28. The van der Waals surface area contributed by atoms with E-state index in [0.29, 0.717) is 23.0 Å². The molecule has 0 bridgehead atoms. The smallest absolute Gasteiger partial charge is 0.159 e. The SMILES string of the molecule is CC(C)(C)Nc1ncnc(Nc2ccccc2F)c1N. The number of benzene rings is 1. The first-order chi connectivity index (χ1) is 9.37. The molecule has 4 N–H and O–H groups in total. The highest BCUT2D eigenvalue weighted by atomic mass is 19.1. The zero-order valence-corrected chi connectivity index (χ0v) is 11.7. The summed E-state index contributed by atoms with van der Waals surface area (Å²) >= 11 is 0. The van der Waals surface area contributed by atoms with Crippen molar-refractivity contribution in [3.8, 4) is 0 Å². The second kappa shape index (κ2) is 5.32. The molecule has 0 aliphatic heterocycles. The molecule has 1 heterocycles. The molecule has 20 heavy (non-hydrogen) atoms. The number of nitrogens with one attached hydrogen (secondary N) is 2. The van der Waals surface area contributed by atoms with Crippen LogP contribution in [0.5, 0.6) is 0 Å². The Morgan fingerprint density at radius 2 is 1.75 bits per heavy atom. The maximum absolute atomic E-state index is 13.6. The normalized spacial score (nSPS) is 11.2. The molecule has 0 atom stereocenters. The Hall–Kier alpha value is -2.37. The molecule has 0 aliphatic carbocycles. The molecule has 2 rings (SSSR count). The van der Waals surface area contributed by atoms with E-state index in [2.05, 4.69) is 20.6 Å². The molecular formula is C14H18FN5. The topological polar surface area (TPSA) is 75.9 Å². The minimum Gasteiger partial charge on any atom is -0.393 e. The number of para-hydroxylation sites is 1. The average Bonchev–Trinajstić information content (AvgIpc) is 2.35. The van der Waals surface area contributed by atoms with Gasteiger partial charge in [-0.05, 0) is 32.9 Å². The van der Waals surface area contributed by atoms with Gasteiger partial charge in [-0.15, -0.1) is 0 Å². The highest BCUT2D eigenvalue weighted by molar-refractivity contribution is 5.77. The standard InChI is InChI=1S/C14H18FN5/c1-14(2,3)20-13-11(16)12(17-8-18-13)19-10-7-5-4-6-9(10)15/h4-8H,16H2,1-3H3,(H2,17,18,19,20). The number of halogens is 1.